The Kier molecular flexibility index (Phi) is 37.2. The molecule has 0 fully saturated rings. The summed E-state index contributed by atoms with van der Waals surface area (Å²) in [6.45, 7) is 1.92. The Balaban J connectivity index is 4.05. The Morgan fingerprint density at radius 2 is 0.755 bits per heavy atom. The first-order valence-corrected chi connectivity index (χ1v) is 21.6. The molecule has 0 aliphatic rings. The van der Waals surface area contributed by atoms with Crippen LogP contribution in [0.2, 0.25) is 0 Å². The summed E-state index contributed by atoms with van der Waals surface area (Å²) in [6, 6.07) is 0. The van der Waals surface area contributed by atoms with Gasteiger partial charge in [0.2, 0.25) is 0 Å². The van der Waals surface area contributed by atoms with Gasteiger partial charge in [-0.1, -0.05) is 212 Å². The molecule has 49 heavy (non-hydrogen) atoms. The van der Waals surface area contributed by atoms with E-state index in [9.17, 15) is 19.8 Å². The minimum Gasteiger partial charge on any atom is -0.481 e. The van der Waals surface area contributed by atoms with Gasteiger partial charge in [-0.15, -0.1) is 0 Å². The predicted octanol–water partition coefficient (Wildman–Crippen LogP) is 12.8. The minimum absolute atomic E-state index is 0.147. The summed E-state index contributed by atoms with van der Waals surface area (Å²) in [7, 11) is 0. The molecule has 0 spiro atoms. The summed E-state index contributed by atoms with van der Waals surface area (Å²) in [5, 5.41) is 36.8. The van der Waals surface area contributed by atoms with Crippen molar-refractivity contribution in [2.45, 2.75) is 244 Å². The molecule has 0 aliphatic heterocycles. The van der Waals surface area contributed by atoms with Gasteiger partial charge in [0.25, 0.3) is 0 Å². The van der Waals surface area contributed by atoms with E-state index in [0.29, 0.717) is 12.8 Å². The first-order chi connectivity index (χ1) is 23.9. The van der Waals surface area contributed by atoms with Gasteiger partial charge in [0.05, 0.1) is 18.6 Å². The molecule has 4 N–H and O–H groups in total. The molecule has 0 saturated carbocycles. The highest BCUT2D eigenvalue weighted by atomic mass is 16.4. The van der Waals surface area contributed by atoms with Crippen molar-refractivity contribution in [1.82, 2.24) is 0 Å². The number of rotatable bonds is 41. The molecule has 0 bridgehead atoms. The second-order valence-corrected chi connectivity index (χ2v) is 15.5. The molecule has 6 nitrogen and oxygen atoms in total. The third kappa shape index (κ3) is 36.5. The van der Waals surface area contributed by atoms with Crippen molar-refractivity contribution in [2.24, 2.45) is 11.8 Å². The molecule has 0 aliphatic carbocycles. The topological polar surface area (TPSA) is 115 Å². The van der Waals surface area contributed by atoms with Crippen LogP contribution in [0.1, 0.15) is 238 Å². The lowest BCUT2D eigenvalue weighted by Crippen LogP contribution is -2.23. The second kappa shape index (κ2) is 38.1. The molecule has 0 aromatic rings. The Labute approximate surface area is 304 Å². The summed E-state index contributed by atoms with van der Waals surface area (Å²) in [6.07, 6.45) is 43.3. The zero-order valence-corrected chi connectivity index (χ0v) is 32.5. The van der Waals surface area contributed by atoms with Crippen LogP contribution in [-0.4, -0.2) is 45.1 Å². The first-order valence-electron chi connectivity index (χ1n) is 21.6. The molecule has 292 valence electrons. The van der Waals surface area contributed by atoms with Gasteiger partial charge in [0.15, 0.2) is 0 Å². The third-order valence-electron chi connectivity index (χ3n) is 10.8. The highest BCUT2D eigenvalue weighted by Crippen LogP contribution is 2.25. The van der Waals surface area contributed by atoms with Gasteiger partial charge in [0, 0.05) is 6.42 Å². The molecule has 0 amide bonds. The number of hydrogen-bond acceptors (Lipinski definition) is 4. The molecule has 0 rings (SSSR count). The number of carbonyl (C=O) groups is 2. The molecule has 0 saturated heterocycles. The Hall–Kier alpha value is -1.14. The summed E-state index contributed by atoms with van der Waals surface area (Å²) in [5.41, 5.74) is 0. The van der Waals surface area contributed by atoms with E-state index in [2.05, 4.69) is 6.92 Å². The van der Waals surface area contributed by atoms with E-state index < -0.39 is 24.0 Å². The lowest BCUT2D eigenvalue weighted by Gasteiger charge is -2.17. The van der Waals surface area contributed by atoms with E-state index in [1.54, 1.807) is 0 Å². The number of aliphatic hydroxyl groups is 2. The minimum atomic E-state index is -0.930. The van der Waals surface area contributed by atoms with E-state index in [-0.39, 0.29) is 13.0 Å². The maximum absolute atomic E-state index is 11.5. The number of aliphatic hydroxyl groups excluding tert-OH is 2. The van der Waals surface area contributed by atoms with Gasteiger partial charge in [-0.25, -0.2) is 0 Å². The molecular weight excluding hydrogens is 612 g/mol. The molecule has 3 atom stereocenters. The maximum atomic E-state index is 11.5. The SMILES string of the molecule is CCCCCCCCCCCCC(CCCCCCCCCCCCCCCCCC(=O)O)CCCCCCCC(CC(O)CO)C(=O)O. The van der Waals surface area contributed by atoms with Crippen LogP contribution in [0, 0.1) is 11.8 Å². The highest BCUT2D eigenvalue weighted by molar-refractivity contribution is 5.69. The molecule has 0 radical (unpaired) electrons. The molecule has 6 heteroatoms. The van der Waals surface area contributed by atoms with Crippen molar-refractivity contribution in [3.63, 3.8) is 0 Å². The van der Waals surface area contributed by atoms with E-state index >= 15 is 0 Å². The smallest absolute Gasteiger partial charge is 0.306 e. The van der Waals surface area contributed by atoms with Crippen molar-refractivity contribution < 1.29 is 30.0 Å². The average Bonchev–Trinajstić information content (AvgIpc) is 3.08. The van der Waals surface area contributed by atoms with Crippen LogP contribution < -0.4 is 0 Å². The number of aliphatic carboxylic acids is 2. The fourth-order valence-electron chi connectivity index (χ4n) is 7.46. The first kappa shape index (κ1) is 47.9. The highest BCUT2D eigenvalue weighted by Gasteiger charge is 2.20. The molecule has 0 aromatic heterocycles. The van der Waals surface area contributed by atoms with Crippen molar-refractivity contribution in [3.05, 3.63) is 0 Å². The van der Waals surface area contributed by atoms with E-state index in [4.69, 9.17) is 10.2 Å². The largest absolute Gasteiger partial charge is 0.481 e. The Morgan fingerprint density at radius 1 is 0.449 bits per heavy atom. The van der Waals surface area contributed by atoms with Crippen molar-refractivity contribution >= 4 is 11.9 Å². The third-order valence-corrected chi connectivity index (χ3v) is 10.8. The molecule has 3 unspecified atom stereocenters. The van der Waals surface area contributed by atoms with Crippen LogP contribution in [0.25, 0.3) is 0 Å². The fraction of sp³-hybridized carbons (Fsp3) is 0.953. The zero-order chi connectivity index (χ0) is 36.0. The summed E-state index contributed by atoms with van der Waals surface area (Å²) >= 11 is 0. The van der Waals surface area contributed by atoms with Gasteiger partial charge in [-0.05, 0) is 25.2 Å². The molecular formula is C43H84O6. The zero-order valence-electron chi connectivity index (χ0n) is 32.5. The Morgan fingerprint density at radius 3 is 1.06 bits per heavy atom. The maximum Gasteiger partial charge on any atom is 0.306 e. The van der Waals surface area contributed by atoms with Crippen LogP contribution in [0.15, 0.2) is 0 Å². The van der Waals surface area contributed by atoms with Gasteiger partial charge >= 0.3 is 11.9 Å². The van der Waals surface area contributed by atoms with Gasteiger partial charge in [-0.2, -0.15) is 0 Å². The van der Waals surface area contributed by atoms with Crippen LogP contribution in [0.3, 0.4) is 0 Å². The second-order valence-electron chi connectivity index (χ2n) is 15.5. The predicted molar refractivity (Wildman–Crippen MR) is 207 cm³/mol. The summed E-state index contributed by atoms with van der Waals surface area (Å²) < 4.78 is 0. The Bertz CT molecular complexity index is 698. The van der Waals surface area contributed by atoms with Crippen LogP contribution in [0.5, 0.6) is 0 Å². The van der Waals surface area contributed by atoms with E-state index in [0.717, 1.165) is 38.0 Å². The van der Waals surface area contributed by atoms with Gasteiger partial charge in [-0.3, -0.25) is 9.59 Å². The van der Waals surface area contributed by atoms with E-state index in [1.165, 1.54) is 180 Å². The average molecular weight is 697 g/mol. The van der Waals surface area contributed by atoms with Crippen molar-refractivity contribution in [2.75, 3.05) is 6.61 Å². The van der Waals surface area contributed by atoms with E-state index in [1.807, 2.05) is 0 Å². The number of carboxylic acids is 2. The van der Waals surface area contributed by atoms with Crippen LogP contribution >= 0.6 is 0 Å². The summed E-state index contributed by atoms with van der Waals surface area (Å²) in [5.74, 6) is -1.20. The molecule has 0 aromatic carbocycles. The van der Waals surface area contributed by atoms with Crippen LogP contribution in [-0.2, 0) is 9.59 Å². The number of hydrogen-bond donors (Lipinski definition) is 4. The van der Waals surface area contributed by atoms with Crippen LogP contribution in [0.4, 0.5) is 0 Å². The fourth-order valence-corrected chi connectivity index (χ4v) is 7.46. The van der Waals surface area contributed by atoms with Gasteiger partial charge < -0.3 is 20.4 Å². The van der Waals surface area contributed by atoms with Crippen molar-refractivity contribution in [1.29, 1.82) is 0 Å². The number of carboxylic acid groups (broad SMARTS) is 2. The van der Waals surface area contributed by atoms with Crippen molar-refractivity contribution in [3.8, 4) is 0 Å². The molecule has 0 heterocycles. The quantitative estimate of drug-likeness (QED) is 0.0473. The summed E-state index contributed by atoms with van der Waals surface area (Å²) in [4.78, 5) is 22.0. The van der Waals surface area contributed by atoms with Gasteiger partial charge in [0.1, 0.15) is 0 Å². The monoisotopic (exact) mass is 697 g/mol. The number of unbranched alkanes of at least 4 members (excludes halogenated alkanes) is 27. The lowest BCUT2D eigenvalue weighted by molar-refractivity contribution is -0.143. The lowest BCUT2D eigenvalue weighted by atomic mass is 9.89. The normalized spacial score (nSPS) is 13.4. The standard InChI is InChI=1S/C43H84O6/c1-2-3-4-5-6-7-15-18-22-27-32-39(34-29-24-21-25-30-35-40(43(48)49)37-41(45)38-44)33-28-23-19-16-13-11-9-8-10-12-14-17-20-26-31-36-42(46)47/h39-41,44-45H,2-38H2,1H3,(H,46,47)(H,48,49).